The van der Waals surface area contributed by atoms with Crippen LogP contribution in [0.25, 0.3) is 32.1 Å². The molecule has 0 radical (unpaired) electrons. The summed E-state index contributed by atoms with van der Waals surface area (Å²) in [5.74, 6) is 0.745. The highest BCUT2D eigenvalue weighted by atomic mass is 32.1. The number of hydrogen-bond donors (Lipinski definition) is 1. The van der Waals surface area contributed by atoms with E-state index in [1.807, 2.05) is 25.1 Å². The predicted molar refractivity (Wildman–Crippen MR) is 152 cm³/mol. The van der Waals surface area contributed by atoms with E-state index in [-0.39, 0.29) is 6.61 Å². The zero-order chi connectivity index (χ0) is 26.1. The zero-order valence-electron chi connectivity index (χ0n) is 21.7. The Labute approximate surface area is 226 Å². The molecule has 1 aliphatic heterocycles. The van der Waals surface area contributed by atoms with Crippen LogP contribution in [0.1, 0.15) is 17.6 Å². The third kappa shape index (κ3) is 5.31. The van der Waals surface area contributed by atoms with Gasteiger partial charge in [-0.1, -0.05) is 47.6 Å². The highest BCUT2D eigenvalue weighted by molar-refractivity contribution is 7.18. The van der Waals surface area contributed by atoms with Crippen LogP contribution in [0.5, 0.6) is 5.75 Å². The highest BCUT2D eigenvalue weighted by Crippen LogP contribution is 2.32. The molecule has 38 heavy (non-hydrogen) atoms. The van der Waals surface area contributed by atoms with Crippen LogP contribution in [-0.2, 0) is 6.54 Å². The molecule has 0 spiro atoms. The van der Waals surface area contributed by atoms with E-state index in [0.29, 0.717) is 12.6 Å². The van der Waals surface area contributed by atoms with Crippen molar-refractivity contribution in [1.29, 1.82) is 0 Å². The first kappa shape index (κ1) is 25.0. The van der Waals surface area contributed by atoms with Gasteiger partial charge in [0, 0.05) is 50.4 Å². The number of aliphatic hydroxyl groups excluding tert-OH is 1. The topological polar surface area (TPSA) is 74.9 Å². The maximum Gasteiger partial charge on any atom is 0.132 e. The molecule has 2 aromatic heterocycles. The van der Waals surface area contributed by atoms with Crippen LogP contribution in [-0.4, -0.2) is 70.0 Å². The second-order valence-electron chi connectivity index (χ2n) is 10.1. The van der Waals surface area contributed by atoms with Crippen molar-refractivity contribution >= 4 is 32.3 Å². The minimum absolute atomic E-state index is 0.260. The molecule has 2 unspecified atom stereocenters. The predicted octanol–water partition coefficient (Wildman–Crippen LogP) is 5.36. The van der Waals surface area contributed by atoms with Gasteiger partial charge in [0.1, 0.15) is 30.4 Å². The molecule has 3 aromatic carbocycles. The molecule has 196 valence electrons. The Morgan fingerprint density at radius 3 is 2.87 bits per heavy atom. The molecule has 1 aliphatic rings. The Balaban J connectivity index is 1.04. The normalized spacial score (nSPS) is 17.8. The van der Waals surface area contributed by atoms with Gasteiger partial charge in [-0.25, -0.2) is 4.98 Å². The maximum absolute atomic E-state index is 10.7. The number of ether oxygens (including phenoxy) is 1. The second-order valence-corrected chi connectivity index (χ2v) is 11.3. The fourth-order valence-electron chi connectivity index (χ4n) is 5.37. The first-order chi connectivity index (χ1) is 18.5. The number of rotatable bonds is 8. The number of thiazole rings is 1. The smallest absolute Gasteiger partial charge is 0.132 e. The molecule has 1 N–H and O–H groups in total. The maximum atomic E-state index is 10.7. The molecule has 3 heterocycles. The van der Waals surface area contributed by atoms with Gasteiger partial charge in [-0.2, -0.15) is 0 Å². The lowest BCUT2D eigenvalue weighted by molar-refractivity contribution is 0.0250. The Kier molecular flexibility index (Phi) is 7.12. The van der Waals surface area contributed by atoms with Gasteiger partial charge < -0.3 is 14.4 Å². The summed E-state index contributed by atoms with van der Waals surface area (Å²) >= 11 is 1.67. The van der Waals surface area contributed by atoms with Crippen LogP contribution in [0.15, 0.2) is 71.4 Å². The van der Waals surface area contributed by atoms with Gasteiger partial charge in [0.25, 0.3) is 0 Å². The summed E-state index contributed by atoms with van der Waals surface area (Å²) in [7, 11) is 0. The number of aromatic nitrogens is 2. The number of hydrogen-bond acceptors (Lipinski definition) is 8. The third-order valence-electron chi connectivity index (χ3n) is 7.30. The first-order valence-electron chi connectivity index (χ1n) is 13.1. The number of benzene rings is 3. The van der Waals surface area contributed by atoms with Crippen molar-refractivity contribution in [3.8, 4) is 16.9 Å². The molecule has 7 nitrogen and oxygen atoms in total. The van der Waals surface area contributed by atoms with E-state index in [1.54, 1.807) is 17.6 Å². The van der Waals surface area contributed by atoms with Gasteiger partial charge in [0.15, 0.2) is 0 Å². The van der Waals surface area contributed by atoms with Crippen molar-refractivity contribution in [2.75, 3.05) is 32.8 Å². The highest BCUT2D eigenvalue weighted by Gasteiger charge is 2.27. The van der Waals surface area contributed by atoms with Gasteiger partial charge in [0.05, 0.1) is 15.2 Å². The van der Waals surface area contributed by atoms with Crippen LogP contribution in [0.2, 0.25) is 0 Å². The van der Waals surface area contributed by atoms with E-state index in [9.17, 15) is 5.11 Å². The third-order valence-corrected chi connectivity index (χ3v) is 8.26. The van der Waals surface area contributed by atoms with Crippen LogP contribution >= 0.6 is 11.3 Å². The van der Waals surface area contributed by atoms with Crippen molar-refractivity contribution < 1.29 is 14.4 Å². The largest absolute Gasteiger partial charge is 0.491 e. The average molecular weight is 529 g/mol. The molecule has 0 bridgehead atoms. The van der Waals surface area contributed by atoms with E-state index < -0.39 is 6.10 Å². The standard InChI is InChI=1S/C30H32N4O3S/c1-20-15-33(16-23(35)18-36-24-10-11-30-28(14-24)31-21(2)38-30)12-13-34(20)17-29-27(19-37-32-29)26-9-5-7-22-6-3-4-8-25(22)26/h3-11,14,19-20,23,35H,12-13,15-18H2,1-2H3. The molecule has 8 heteroatoms. The minimum atomic E-state index is -0.560. The van der Waals surface area contributed by atoms with E-state index in [2.05, 4.69) is 69.3 Å². The van der Waals surface area contributed by atoms with Gasteiger partial charge >= 0.3 is 0 Å². The van der Waals surface area contributed by atoms with Crippen molar-refractivity contribution in [2.24, 2.45) is 0 Å². The summed E-state index contributed by atoms with van der Waals surface area (Å²) in [6.45, 7) is 8.47. The summed E-state index contributed by atoms with van der Waals surface area (Å²) in [4.78, 5) is 9.28. The molecule has 2 atom stereocenters. The fraction of sp³-hybridized carbons (Fsp3) is 0.333. The monoisotopic (exact) mass is 528 g/mol. The van der Waals surface area contributed by atoms with Gasteiger partial charge in [-0.15, -0.1) is 11.3 Å². The number of β-amino-alcohol motifs (C(OH)–C–C–N with tert-alkyl or cyclic N) is 1. The Morgan fingerprint density at radius 2 is 1.97 bits per heavy atom. The first-order valence-corrected chi connectivity index (χ1v) is 13.9. The van der Waals surface area contributed by atoms with Crippen molar-refractivity contribution in [1.82, 2.24) is 19.9 Å². The van der Waals surface area contributed by atoms with Crippen molar-refractivity contribution in [3.05, 3.63) is 77.6 Å². The minimum Gasteiger partial charge on any atom is -0.491 e. The Bertz CT molecular complexity index is 1540. The molecule has 1 fully saturated rings. The number of aryl methyl sites for hydroxylation is 1. The van der Waals surface area contributed by atoms with Crippen LogP contribution < -0.4 is 4.74 Å². The quantitative estimate of drug-likeness (QED) is 0.291. The van der Waals surface area contributed by atoms with Gasteiger partial charge in [-0.3, -0.25) is 9.80 Å². The Hall–Kier alpha value is -3.30. The molecular weight excluding hydrogens is 496 g/mol. The summed E-state index contributed by atoms with van der Waals surface area (Å²) in [6, 6.07) is 21.0. The molecule has 6 rings (SSSR count). The lowest BCUT2D eigenvalue weighted by Crippen LogP contribution is -2.53. The number of aliphatic hydroxyl groups is 1. The van der Waals surface area contributed by atoms with E-state index in [0.717, 1.165) is 64.0 Å². The molecule has 5 aromatic rings. The van der Waals surface area contributed by atoms with E-state index >= 15 is 0 Å². The van der Waals surface area contributed by atoms with E-state index in [1.165, 1.54) is 10.8 Å². The second kappa shape index (κ2) is 10.8. The number of nitrogens with zero attached hydrogens (tertiary/aromatic N) is 4. The molecule has 0 amide bonds. The van der Waals surface area contributed by atoms with Gasteiger partial charge in [-0.05, 0) is 42.3 Å². The summed E-state index contributed by atoms with van der Waals surface area (Å²) in [5, 5.41) is 18.5. The molecule has 0 saturated carbocycles. The van der Waals surface area contributed by atoms with Crippen LogP contribution in [0, 0.1) is 6.92 Å². The lowest BCUT2D eigenvalue weighted by atomic mass is 9.98. The van der Waals surface area contributed by atoms with Gasteiger partial charge in [0.2, 0.25) is 0 Å². The summed E-state index contributed by atoms with van der Waals surface area (Å²) in [6.07, 6.45) is 1.21. The average Bonchev–Trinajstić information content (AvgIpc) is 3.53. The van der Waals surface area contributed by atoms with Crippen LogP contribution in [0.3, 0.4) is 0 Å². The summed E-state index contributed by atoms with van der Waals surface area (Å²) < 4.78 is 12.5. The summed E-state index contributed by atoms with van der Waals surface area (Å²) in [5.41, 5.74) is 4.11. The fourth-order valence-corrected chi connectivity index (χ4v) is 6.18. The van der Waals surface area contributed by atoms with Crippen molar-refractivity contribution in [3.63, 3.8) is 0 Å². The Morgan fingerprint density at radius 1 is 1.11 bits per heavy atom. The molecular formula is C30H32N4O3S. The lowest BCUT2D eigenvalue weighted by Gasteiger charge is -2.40. The zero-order valence-corrected chi connectivity index (χ0v) is 22.5. The number of piperazine rings is 1. The SMILES string of the molecule is Cc1nc2cc(OCC(O)CN3CCN(Cc4nocc4-c4cccc5ccccc45)C(C)C3)ccc2s1. The molecule has 0 aliphatic carbocycles. The number of fused-ring (bicyclic) bond motifs is 2. The van der Waals surface area contributed by atoms with Crippen LogP contribution in [0.4, 0.5) is 0 Å². The molecule has 1 saturated heterocycles. The van der Waals surface area contributed by atoms with E-state index in [4.69, 9.17) is 9.26 Å². The van der Waals surface area contributed by atoms with Crippen molar-refractivity contribution in [2.45, 2.75) is 32.5 Å².